The van der Waals surface area contributed by atoms with Crippen LogP contribution in [0, 0.1) is 0 Å². The number of thiophene rings is 1. The molecule has 5 rings (SSSR count). The van der Waals surface area contributed by atoms with Gasteiger partial charge in [0, 0.05) is 32.1 Å². The number of nitrogens with zero attached hydrogens (tertiary/aromatic N) is 5. The summed E-state index contributed by atoms with van der Waals surface area (Å²) >= 11 is 2.92. The second kappa shape index (κ2) is 9.46. The van der Waals surface area contributed by atoms with Gasteiger partial charge >= 0.3 is 0 Å². The third-order valence-electron chi connectivity index (χ3n) is 5.85. The van der Waals surface area contributed by atoms with Crippen LogP contribution in [0.3, 0.4) is 0 Å². The molecule has 1 aliphatic carbocycles. The lowest BCUT2D eigenvalue weighted by Crippen LogP contribution is -2.51. The Balaban J connectivity index is 1.18. The molecule has 2 aliphatic rings. The van der Waals surface area contributed by atoms with Gasteiger partial charge in [0.15, 0.2) is 5.16 Å². The molecule has 0 atom stereocenters. The summed E-state index contributed by atoms with van der Waals surface area (Å²) in [4.78, 5) is 29.8. The van der Waals surface area contributed by atoms with Crippen LogP contribution < -0.4 is 0 Å². The smallest absolute Gasteiger partial charge is 0.264 e. The Bertz CT molecular complexity index is 1070. The topological polar surface area (TPSA) is 71.3 Å². The first kappa shape index (κ1) is 21.2. The maximum absolute atomic E-state index is 12.8. The number of aromatic nitrogens is 3. The molecule has 166 valence electrons. The van der Waals surface area contributed by atoms with Crippen LogP contribution in [-0.2, 0) is 11.3 Å². The molecule has 0 bridgehead atoms. The van der Waals surface area contributed by atoms with Gasteiger partial charge in [-0.2, -0.15) is 0 Å². The van der Waals surface area contributed by atoms with E-state index in [-0.39, 0.29) is 11.8 Å². The minimum absolute atomic E-state index is 0.0584. The van der Waals surface area contributed by atoms with Crippen LogP contribution in [0.1, 0.15) is 39.8 Å². The van der Waals surface area contributed by atoms with E-state index in [1.807, 2.05) is 45.5 Å². The number of piperazine rings is 1. The first-order valence-corrected chi connectivity index (χ1v) is 12.8. The van der Waals surface area contributed by atoms with Crippen molar-refractivity contribution in [1.82, 2.24) is 24.6 Å². The average Bonchev–Trinajstić information content (AvgIpc) is 3.37. The van der Waals surface area contributed by atoms with Crippen LogP contribution in [0.25, 0.3) is 0 Å². The number of hydrogen-bond donors (Lipinski definition) is 0. The van der Waals surface area contributed by atoms with Crippen molar-refractivity contribution < 1.29 is 9.59 Å². The number of rotatable bonds is 7. The molecule has 2 aromatic heterocycles. The minimum Gasteiger partial charge on any atom is -0.338 e. The molecule has 0 unspecified atom stereocenters. The van der Waals surface area contributed by atoms with Crippen molar-refractivity contribution in [1.29, 1.82) is 0 Å². The molecule has 3 heterocycles. The highest BCUT2D eigenvalue weighted by molar-refractivity contribution is 7.99. The summed E-state index contributed by atoms with van der Waals surface area (Å²) in [6, 6.07) is 14.0. The van der Waals surface area contributed by atoms with Gasteiger partial charge in [-0.05, 0) is 29.9 Å². The van der Waals surface area contributed by atoms with Crippen LogP contribution in [0.4, 0.5) is 0 Å². The Morgan fingerprint density at radius 3 is 2.41 bits per heavy atom. The quantitative estimate of drug-likeness (QED) is 0.499. The molecule has 3 aromatic rings. The fourth-order valence-corrected chi connectivity index (χ4v) is 5.44. The molecule has 1 aromatic carbocycles. The molecule has 1 saturated carbocycles. The van der Waals surface area contributed by atoms with Gasteiger partial charge in [0.25, 0.3) is 5.91 Å². The lowest BCUT2D eigenvalue weighted by molar-refractivity contribution is -0.129. The van der Waals surface area contributed by atoms with Crippen LogP contribution in [0.5, 0.6) is 0 Å². The van der Waals surface area contributed by atoms with E-state index in [2.05, 4.69) is 26.9 Å². The molecule has 1 saturated heterocycles. The lowest BCUT2D eigenvalue weighted by Gasteiger charge is -2.34. The molecule has 7 nitrogen and oxygen atoms in total. The van der Waals surface area contributed by atoms with Gasteiger partial charge in [-0.3, -0.25) is 9.59 Å². The summed E-state index contributed by atoms with van der Waals surface area (Å²) in [5, 5.41) is 11.6. The van der Waals surface area contributed by atoms with E-state index >= 15 is 0 Å². The van der Waals surface area contributed by atoms with Crippen molar-refractivity contribution in [2.45, 2.75) is 30.5 Å². The van der Waals surface area contributed by atoms with Gasteiger partial charge in [-0.15, -0.1) is 21.5 Å². The Hall–Kier alpha value is -2.65. The van der Waals surface area contributed by atoms with Gasteiger partial charge in [0.05, 0.1) is 17.2 Å². The number of carbonyl (C=O) groups is 2. The number of thioether (sulfide) groups is 1. The average molecular weight is 468 g/mol. The van der Waals surface area contributed by atoms with E-state index < -0.39 is 0 Å². The van der Waals surface area contributed by atoms with Crippen molar-refractivity contribution in [3.63, 3.8) is 0 Å². The van der Waals surface area contributed by atoms with Gasteiger partial charge in [0.2, 0.25) is 5.91 Å². The number of benzene rings is 1. The molecule has 1 aliphatic heterocycles. The van der Waals surface area contributed by atoms with E-state index in [4.69, 9.17) is 0 Å². The van der Waals surface area contributed by atoms with Crippen LogP contribution in [-0.4, -0.2) is 68.3 Å². The highest BCUT2D eigenvalue weighted by atomic mass is 32.2. The lowest BCUT2D eigenvalue weighted by atomic mass is 10.2. The van der Waals surface area contributed by atoms with Gasteiger partial charge in [0.1, 0.15) is 5.82 Å². The second-order valence-corrected chi connectivity index (χ2v) is 10.0. The summed E-state index contributed by atoms with van der Waals surface area (Å²) in [5.74, 6) is 1.99. The van der Waals surface area contributed by atoms with E-state index in [0.29, 0.717) is 37.8 Å². The Kier molecular flexibility index (Phi) is 6.27. The third-order valence-corrected chi connectivity index (χ3v) is 7.66. The first-order chi connectivity index (χ1) is 15.7. The summed E-state index contributed by atoms with van der Waals surface area (Å²) < 4.78 is 2.17. The van der Waals surface area contributed by atoms with E-state index in [1.165, 1.54) is 28.7 Å². The van der Waals surface area contributed by atoms with Gasteiger partial charge < -0.3 is 14.4 Å². The predicted octanol–water partition coefficient (Wildman–Crippen LogP) is 3.34. The van der Waals surface area contributed by atoms with E-state index in [1.54, 1.807) is 0 Å². The molecular weight excluding hydrogens is 442 g/mol. The van der Waals surface area contributed by atoms with Crippen molar-refractivity contribution in [2.24, 2.45) is 0 Å². The van der Waals surface area contributed by atoms with Crippen LogP contribution >= 0.6 is 23.1 Å². The predicted molar refractivity (Wildman–Crippen MR) is 125 cm³/mol. The largest absolute Gasteiger partial charge is 0.338 e. The maximum Gasteiger partial charge on any atom is 0.264 e. The highest BCUT2D eigenvalue weighted by Crippen LogP contribution is 2.40. The van der Waals surface area contributed by atoms with Crippen molar-refractivity contribution >= 4 is 34.9 Å². The Morgan fingerprint density at radius 2 is 1.72 bits per heavy atom. The van der Waals surface area contributed by atoms with Crippen LogP contribution in [0.2, 0.25) is 0 Å². The molecule has 2 amide bonds. The normalized spacial score (nSPS) is 16.4. The minimum atomic E-state index is 0.0584. The Morgan fingerprint density at radius 1 is 0.969 bits per heavy atom. The molecule has 0 radical (unpaired) electrons. The fourth-order valence-electron chi connectivity index (χ4n) is 3.90. The van der Waals surface area contributed by atoms with Crippen molar-refractivity contribution in [3.05, 3.63) is 64.1 Å². The number of amides is 2. The molecule has 32 heavy (non-hydrogen) atoms. The van der Waals surface area contributed by atoms with Gasteiger partial charge in [-0.1, -0.05) is 48.2 Å². The van der Waals surface area contributed by atoms with E-state index in [9.17, 15) is 9.59 Å². The summed E-state index contributed by atoms with van der Waals surface area (Å²) in [6.45, 7) is 3.01. The van der Waals surface area contributed by atoms with Gasteiger partial charge in [-0.25, -0.2) is 0 Å². The molecular formula is C23H25N5O2S2. The summed E-state index contributed by atoms with van der Waals surface area (Å²) in [5.41, 5.74) is 1.20. The zero-order valence-electron chi connectivity index (χ0n) is 17.7. The number of hydrogen-bond acceptors (Lipinski definition) is 6. The summed E-state index contributed by atoms with van der Waals surface area (Å²) in [7, 11) is 0. The monoisotopic (exact) mass is 467 g/mol. The Labute approximate surface area is 195 Å². The van der Waals surface area contributed by atoms with E-state index in [0.717, 1.165) is 35.2 Å². The fraction of sp³-hybridized carbons (Fsp3) is 0.391. The maximum atomic E-state index is 12.8. The van der Waals surface area contributed by atoms with Crippen LogP contribution in [0.15, 0.2) is 53.0 Å². The highest BCUT2D eigenvalue weighted by Gasteiger charge is 2.31. The molecule has 0 N–H and O–H groups in total. The zero-order chi connectivity index (χ0) is 21.9. The SMILES string of the molecule is O=C(CSc1nnc(C2CC2)n1Cc1ccccc1)N1CCN(C(=O)c2cccs2)CC1. The zero-order valence-corrected chi connectivity index (χ0v) is 19.4. The molecule has 0 spiro atoms. The second-order valence-electron chi connectivity index (χ2n) is 8.13. The van der Waals surface area contributed by atoms with Crippen molar-refractivity contribution in [3.8, 4) is 0 Å². The molecule has 2 fully saturated rings. The summed E-state index contributed by atoms with van der Waals surface area (Å²) in [6.07, 6.45) is 2.32. The standard InChI is InChI=1S/C23H25N5O2S2/c29-20(26-10-12-27(13-11-26)22(30)19-7-4-14-31-19)16-32-23-25-24-21(18-8-9-18)28(23)15-17-5-2-1-3-6-17/h1-7,14,18H,8-13,15-16H2. The van der Waals surface area contributed by atoms with Crippen molar-refractivity contribution in [2.75, 3.05) is 31.9 Å². The first-order valence-electron chi connectivity index (χ1n) is 10.9. The molecule has 9 heteroatoms. The number of carbonyl (C=O) groups excluding carboxylic acids is 2. The third kappa shape index (κ3) is 4.73.